The van der Waals surface area contributed by atoms with Gasteiger partial charge in [0, 0.05) is 5.69 Å². The van der Waals surface area contributed by atoms with Gasteiger partial charge in [0.25, 0.3) is 0 Å². The predicted octanol–water partition coefficient (Wildman–Crippen LogP) is 2.60. The third kappa shape index (κ3) is 2.38. The van der Waals surface area contributed by atoms with E-state index >= 15 is 0 Å². The molecule has 0 amide bonds. The summed E-state index contributed by atoms with van der Waals surface area (Å²) in [5.74, 6) is 0. The second-order valence-electron chi connectivity index (χ2n) is 2.82. The number of nitrogens with two attached hydrogens (primary N) is 1. The SMILES string of the molecule is Cc1cc(N)cc(CC=CF)c1. The molecule has 0 unspecified atom stereocenters. The fourth-order valence-corrected chi connectivity index (χ4v) is 1.19. The molecule has 0 spiro atoms. The Kier molecular flexibility index (Phi) is 2.86. The van der Waals surface area contributed by atoms with Crippen LogP contribution < -0.4 is 5.73 Å². The van der Waals surface area contributed by atoms with Gasteiger partial charge in [-0.05, 0) is 36.6 Å². The van der Waals surface area contributed by atoms with Crippen LogP contribution in [0.25, 0.3) is 0 Å². The Morgan fingerprint density at radius 2 is 2.17 bits per heavy atom. The molecule has 0 atom stereocenters. The van der Waals surface area contributed by atoms with Crippen molar-refractivity contribution in [1.29, 1.82) is 0 Å². The van der Waals surface area contributed by atoms with Crippen molar-refractivity contribution in [2.45, 2.75) is 13.3 Å². The highest BCUT2D eigenvalue weighted by Gasteiger charge is 1.93. The first-order chi connectivity index (χ1) is 5.72. The Bertz CT molecular complexity index is 272. The van der Waals surface area contributed by atoms with E-state index in [1.54, 1.807) is 0 Å². The summed E-state index contributed by atoms with van der Waals surface area (Å²) in [5, 5.41) is 0. The number of halogens is 1. The fourth-order valence-electron chi connectivity index (χ4n) is 1.19. The van der Waals surface area contributed by atoms with Crippen LogP contribution in [0.2, 0.25) is 0 Å². The van der Waals surface area contributed by atoms with Gasteiger partial charge in [-0.2, -0.15) is 0 Å². The second-order valence-corrected chi connectivity index (χ2v) is 2.82. The van der Waals surface area contributed by atoms with Crippen LogP contribution in [0.4, 0.5) is 10.1 Å². The Balaban J connectivity index is 2.85. The van der Waals surface area contributed by atoms with Crippen LogP contribution in [0, 0.1) is 6.92 Å². The van der Waals surface area contributed by atoms with Gasteiger partial charge in [-0.15, -0.1) is 0 Å². The van der Waals surface area contributed by atoms with E-state index in [9.17, 15) is 4.39 Å². The molecular weight excluding hydrogens is 153 g/mol. The first kappa shape index (κ1) is 8.78. The molecule has 1 aromatic rings. The summed E-state index contributed by atoms with van der Waals surface area (Å²) in [5.41, 5.74) is 8.50. The van der Waals surface area contributed by atoms with Crippen molar-refractivity contribution in [3.63, 3.8) is 0 Å². The van der Waals surface area contributed by atoms with Crippen LogP contribution in [0.1, 0.15) is 11.1 Å². The van der Waals surface area contributed by atoms with Crippen molar-refractivity contribution in [2.75, 3.05) is 5.73 Å². The molecule has 0 aliphatic rings. The van der Waals surface area contributed by atoms with Gasteiger partial charge in [-0.1, -0.05) is 12.1 Å². The Morgan fingerprint density at radius 1 is 1.42 bits per heavy atom. The molecule has 0 aliphatic carbocycles. The van der Waals surface area contributed by atoms with Crippen molar-refractivity contribution in [3.05, 3.63) is 41.7 Å². The molecule has 0 heterocycles. The number of aryl methyl sites for hydroxylation is 1. The Morgan fingerprint density at radius 3 is 2.75 bits per heavy atom. The molecular formula is C10H12FN. The Hall–Kier alpha value is -1.31. The van der Waals surface area contributed by atoms with Gasteiger partial charge in [0.1, 0.15) is 0 Å². The summed E-state index contributed by atoms with van der Waals surface area (Å²) in [7, 11) is 0. The average Bonchev–Trinajstić information content (AvgIpc) is 1.99. The second kappa shape index (κ2) is 3.90. The highest BCUT2D eigenvalue weighted by atomic mass is 19.1. The first-order valence-electron chi connectivity index (χ1n) is 3.83. The van der Waals surface area contributed by atoms with Crippen LogP contribution in [0.5, 0.6) is 0 Å². The first-order valence-corrected chi connectivity index (χ1v) is 3.83. The highest BCUT2D eigenvalue weighted by Crippen LogP contribution is 2.11. The molecule has 2 N–H and O–H groups in total. The third-order valence-corrected chi connectivity index (χ3v) is 1.60. The summed E-state index contributed by atoms with van der Waals surface area (Å²) < 4.78 is 11.7. The van der Waals surface area contributed by atoms with Crippen molar-refractivity contribution in [2.24, 2.45) is 0 Å². The van der Waals surface area contributed by atoms with E-state index in [1.165, 1.54) is 6.08 Å². The van der Waals surface area contributed by atoms with Crippen molar-refractivity contribution >= 4 is 5.69 Å². The normalized spacial score (nSPS) is 10.8. The van der Waals surface area contributed by atoms with E-state index in [0.29, 0.717) is 12.8 Å². The molecule has 2 heteroatoms. The van der Waals surface area contributed by atoms with Crippen molar-refractivity contribution in [3.8, 4) is 0 Å². The predicted molar refractivity (Wildman–Crippen MR) is 49.5 cm³/mol. The zero-order valence-corrected chi connectivity index (χ0v) is 7.05. The highest BCUT2D eigenvalue weighted by molar-refractivity contribution is 5.44. The van der Waals surface area contributed by atoms with E-state index in [2.05, 4.69) is 0 Å². The van der Waals surface area contributed by atoms with Crippen LogP contribution >= 0.6 is 0 Å². The number of hydrogen-bond acceptors (Lipinski definition) is 1. The topological polar surface area (TPSA) is 26.0 Å². The molecule has 0 radical (unpaired) electrons. The summed E-state index contributed by atoms with van der Waals surface area (Å²) in [6, 6.07) is 5.74. The number of allylic oxidation sites excluding steroid dienone is 1. The molecule has 0 aliphatic heterocycles. The molecule has 1 aromatic carbocycles. The van der Waals surface area contributed by atoms with Gasteiger partial charge in [0.05, 0.1) is 6.33 Å². The van der Waals surface area contributed by atoms with E-state index in [-0.39, 0.29) is 0 Å². The minimum Gasteiger partial charge on any atom is -0.399 e. The van der Waals surface area contributed by atoms with Crippen LogP contribution in [-0.2, 0) is 6.42 Å². The van der Waals surface area contributed by atoms with Crippen LogP contribution in [0.3, 0.4) is 0 Å². The molecule has 1 nitrogen and oxygen atoms in total. The van der Waals surface area contributed by atoms with E-state index in [4.69, 9.17) is 5.73 Å². The quantitative estimate of drug-likeness (QED) is 0.670. The number of anilines is 1. The van der Waals surface area contributed by atoms with Crippen LogP contribution in [-0.4, -0.2) is 0 Å². The van der Waals surface area contributed by atoms with E-state index < -0.39 is 0 Å². The van der Waals surface area contributed by atoms with Crippen molar-refractivity contribution < 1.29 is 4.39 Å². The maximum Gasteiger partial charge on any atom is 0.0830 e. The lowest BCUT2D eigenvalue weighted by Crippen LogP contribution is -1.89. The Labute approximate surface area is 71.7 Å². The zero-order chi connectivity index (χ0) is 8.97. The third-order valence-electron chi connectivity index (χ3n) is 1.60. The molecule has 12 heavy (non-hydrogen) atoms. The fraction of sp³-hybridized carbons (Fsp3) is 0.200. The summed E-state index contributed by atoms with van der Waals surface area (Å²) in [6.07, 6.45) is 2.62. The molecule has 0 aromatic heterocycles. The lowest BCUT2D eigenvalue weighted by Gasteiger charge is -2.00. The number of benzene rings is 1. The number of nitrogen functional groups attached to an aromatic ring is 1. The summed E-state index contributed by atoms with van der Waals surface area (Å²) in [6.45, 7) is 1.97. The lowest BCUT2D eigenvalue weighted by molar-refractivity contribution is 0.716. The van der Waals surface area contributed by atoms with Gasteiger partial charge < -0.3 is 5.73 Å². The molecule has 0 saturated carbocycles. The van der Waals surface area contributed by atoms with E-state index in [1.807, 2.05) is 25.1 Å². The number of rotatable bonds is 2. The number of hydrogen-bond donors (Lipinski definition) is 1. The maximum absolute atomic E-state index is 11.7. The van der Waals surface area contributed by atoms with Gasteiger partial charge >= 0.3 is 0 Å². The monoisotopic (exact) mass is 165 g/mol. The minimum atomic E-state index is 0.554. The molecule has 0 fully saturated rings. The van der Waals surface area contributed by atoms with Crippen LogP contribution in [0.15, 0.2) is 30.6 Å². The zero-order valence-electron chi connectivity index (χ0n) is 7.05. The maximum atomic E-state index is 11.7. The van der Waals surface area contributed by atoms with Gasteiger partial charge in [-0.3, -0.25) is 0 Å². The minimum absolute atomic E-state index is 0.554. The average molecular weight is 165 g/mol. The molecule has 0 bridgehead atoms. The molecule has 1 rings (SSSR count). The summed E-state index contributed by atoms with van der Waals surface area (Å²) in [4.78, 5) is 0. The molecule has 0 saturated heterocycles. The lowest BCUT2D eigenvalue weighted by atomic mass is 10.1. The van der Waals surface area contributed by atoms with Gasteiger partial charge in [0.15, 0.2) is 0 Å². The summed E-state index contributed by atoms with van der Waals surface area (Å²) >= 11 is 0. The molecule has 64 valence electrons. The van der Waals surface area contributed by atoms with Gasteiger partial charge in [-0.25, -0.2) is 4.39 Å². The van der Waals surface area contributed by atoms with E-state index in [0.717, 1.165) is 16.8 Å². The standard InChI is InChI=1S/C10H12FN/c1-8-5-9(3-2-4-11)7-10(12)6-8/h2,4-7H,3,12H2,1H3. The van der Waals surface area contributed by atoms with Gasteiger partial charge in [0.2, 0.25) is 0 Å². The smallest absolute Gasteiger partial charge is 0.0830 e. The largest absolute Gasteiger partial charge is 0.399 e. The van der Waals surface area contributed by atoms with Crippen molar-refractivity contribution in [1.82, 2.24) is 0 Å².